The first-order valence-corrected chi connectivity index (χ1v) is 7.09. The van der Waals surface area contributed by atoms with Gasteiger partial charge in [0.2, 0.25) is 0 Å². The van der Waals surface area contributed by atoms with Crippen molar-refractivity contribution >= 4 is 23.2 Å². The molecular weight excluding hydrogens is 260 g/mol. The molecule has 0 bridgehead atoms. The molecule has 5 heteroatoms. The Morgan fingerprint density at radius 3 is 2.37 bits per heavy atom. The Morgan fingerprint density at radius 2 is 1.79 bits per heavy atom. The predicted octanol–water partition coefficient (Wildman–Crippen LogP) is 3.73. The van der Waals surface area contributed by atoms with Crippen LogP contribution in [0.1, 0.15) is 47.0 Å². The minimum Gasteiger partial charge on any atom is -0.382 e. The van der Waals surface area contributed by atoms with Gasteiger partial charge in [-0.2, -0.15) is 0 Å². The highest BCUT2D eigenvalue weighted by molar-refractivity contribution is 6.35. The molecule has 1 fully saturated rings. The number of rotatable bonds is 2. The maximum Gasteiger partial charge on any atom is 0.150 e. The van der Waals surface area contributed by atoms with E-state index in [1.807, 2.05) is 0 Å². The van der Waals surface area contributed by atoms with Crippen LogP contribution < -0.4 is 11.1 Å². The van der Waals surface area contributed by atoms with Crippen molar-refractivity contribution in [1.82, 2.24) is 9.97 Å². The van der Waals surface area contributed by atoms with Crippen LogP contribution in [0.25, 0.3) is 0 Å². The number of nitrogens with two attached hydrogens (primary N) is 1. The van der Waals surface area contributed by atoms with Crippen molar-refractivity contribution < 1.29 is 0 Å². The summed E-state index contributed by atoms with van der Waals surface area (Å²) in [6.07, 6.45) is 4.90. The highest BCUT2D eigenvalue weighted by Crippen LogP contribution is 2.46. The number of aromatic nitrogens is 2. The Hall–Kier alpha value is -1.03. The van der Waals surface area contributed by atoms with Crippen LogP contribution in [-0.2, 0) is 0 Å². The van der Waals surface area contributed by atoms with Gasteiger partial charge < -0.3 is 11.1 Å². The first kappa shape index (κ1) is 14.4. The number of anilines is 2. The molecule has 4 nitrogen and oxygen atoms in total. The Kier molecular flexibility index (Phi) is 3.65. The van der Waals surface area contributed by atoms with Gasteiger partial charge in [-0.3, -0.25) is 0 Å². The number of nitrogen functional groups attached to an aromatic ring is 1. The zero-order valence-electron chi connectivity index (χ0n) is 12.1. The van der Waals surface area contributed by atoms with Crippen LogP contribution in [0.3, 0.4) is 0 Å². The number of nitrogens with one attached hydrogen (secondary N) is 1. The molecule has 1 heterocycles. The summed E-state index contributed by atoms with van der Waals surface area (Å²) in [5, 5.41) is 3.86. The molecule has 0 unspecified atom stereocenters. The summed E-state index contributed by atoms with van der Waals surface area (Å²) in [6, 6.07) is 0.366. The van der Waals surface area contributed by atoms with Crippen LogP contribution in [0, 0.1) is 10.8 Å². The molecule has 1 aromatic heterocycles. The molecule has 0 saturated heterocycles. The Morgan fingerprint density at radius 1 is 1.21 bits per heavy atom. The lowest BCUT2D eigenvalue weighted by Gasteiger charge is -2.45. The normalized spacial score (nSPS) is 22.2. The summed E-state index contributed by atoms with van der Waals surface area (Å²) in [7, 11) is 0. The molecular formula is C14H23ClN4. The molecule has 0 aliphatic heterocycles. The van der Waals surface area contributed by atoms with E-state index >= 15 is 0 Å². The second kappa shape index (κ2) is 4.82. The first-order valence-electron chi connectivity index (χ1n) is 6.71. The van der Waals surface area contributed by atoms with E-state index in [1.54, 1.807) is 0 Å². The predicted molar refractivity (Wildman–Crippen MR) is 80.3 cm³/mol. The third-order valence-corrected chi connectivity index (χ3v) is 4.08. The smallest absolute Gasteiger partial charge is 0.150 e. The second-order valence-electron chi connectivity index (χ2n) is 7.18. The van der Waals surface area contributed by atoms with E-state index in [4.69, 9.17) is 17.3 Å². The van der Waals surface area contributed by atoms with E-state index in [-0.39, 0.29) is 0 Å². The average Bonchev–Trinajstić information content (AvgIpc) is 2.20. The Bertz CT molecular complexity index is 455. The summed E-state index contributed by atoms with van der Waals surface area (Å²) in [4.78, 5) is 8.08. The average molecular weight is 283 g/mol. The molecule has 2 rings (SSSR count). The minimum atomic E-state index is 0.324. The quantitative estimate of drug-likeness (QED) is 0.867. The van der Waals surface area contributed by atoms with E-state index in [9.17, 15) is 0 Å². The van der Waals surface area contributed by atoms with Gasteiger partial charge in [0, 0.05) is 6.04 Å². The molecule has 1 aliphatic carbocycles. The summed E-state index contributed by atoms with van der Waals surface area (Å²) in [6.45, 7) is 9.27. The van der Waals surface area contributed by atoms with Crippen LogP contribution >= 0.6 is 11.6 Å². The van der Waals surface area contributed by atoms with Crippen LogP contribution in [0.2, 0.25) is 5.02 Å². The van der Waals surface area contributed by atoms with Crippen molar-refractivity contribution in [3.8, 4) is 0 Å². The van der Waals surface area contributed by atoms with Crippen LogP contribution in [0.4, 0.5) is 11.6 Å². The lowest BCUT2D eigenvalue weighted by atomic mass is 9.63. The Balaban J connectivity index is 2.16. The molecule has 0 atom stereocenters. The SMILES string of the molecule is CC1(C)CC(Nc2ncnc(N)c2Cl)CC(C)(C)C1. The molecule has 0 aromatic carbocycles. The molecule has 1 saturated carbocycles. The van der Waals surface area contributed by atoms with E-state index in [0.29, 0.717) is 33.5 Å². The Labute approximate surface area is 120 Å². The van der Waals surface area contributed by atoms with Gasteiger partial charge in [-0.25, -0.2) is 9.97 Å². The minimum absolute atomic E-state index is 0.324. The molecule has 0 spiro atoms. The number of halogens is 1. The first-order chi connectivity index (χ1) is 8.69. The molecule has 0 radical (unpaired) electrons. The summed E-state index contributed by atoms with van der Waals surface area (Å²) >= 11 is 6.14. The largest absolute Gasteiger partial charge is 0.382 e. The fourth-order valence-corrected chi connectivity index (χ4v) is 3.78. The maximum atomic E-state index is 6.14. The van der Waals surface area contributed by atoms with Crippen LogP contribution in [-0.4, -0.2) is 16.0 Å². The summed E-state index contributed by atoms with van der Waals surface area (Å²) < 4.78 is 0. The van der Waals surface area contributed by atoms with Crippen molar-refractivity contribution in [1.29, 1.82) is 0 Å². The van der Waals surface area contributed by atoms with Crippen molar-refractivity contribution in [3.05, 3.63) is 11.3 Å². The van der Waals surface area contributed by atoms with E-state index in [2.05, 4.69) is 43.0 Å². The van der Waals surface area contributed by atoms with Gasteiger partial charge in [0.05, 0.1) is 0 Å². The monoisotopic (exact) mass is 282 g/mol. The third kappa shape index (κ3) is 3.50. The third-order valence-electron chi connectivity index (χ3n) is 3.71. The van der Waals surface area contributed by atoms with Gasteiger partial charge >= 0.3 is 0 Å². The molecule has 3 N–H and O–H groups in total. The zero-order chi connectivity index (χ0) is 14.3. The van der Waals surface area contributed by atoms with Gasteiger partial charge in [-0.05, 0) is 30.1 Å². The molecule has 1 aromatic rings. The summed E-state index contributed by atoms with van der Waals surface area (Å²) in [5.41, 5.74) is 6.36. The number of hydrogen-bond acceptors (Lipinski definition) is 4. The van der Waals surface area contributed by atoms with Gasteiger partial charge in [0.15, 0.2) is 5.82 Å². The lowest BCUT2D eigenvalue weighted by Crippen LogP contribution is -2.40. The van der Waals surface area contributed by atoms with E-state index in [1.165, 1.54) is 12.7 Å². The van der Waals surface area contributed by atoms with Gasteiger partial charge in [0.25, 0.3) is 0 Å². The molecule has 1 aliphatic rings. The standard InChI is InChI=1S/C14H23ClN4/c1-13(2)5-9(6-14(3,4)7-13)19-12-10(15)11(16)17-8-18-12/h8-9H,5-7H2,1-4H3,(H3,16,17,18,19). The highest BCUT2D eigenvalue weighted by atomic mass is 35.5. The molecule has 0 amide bonds. The van der Waals surface area contributed by atoms with Crippen molar-refractivity contribution in [2.75, 3.05) is 11.1 Å². The van der Waals surface area contributed by atoms with Crippen molar-refractivity contribution in [3.63, 3.8) is 0 Å². The van der Waals surface area contributed by atoms with Crippen LogP contribution in [0.15, 0.2) is 6.33 Å². The van der Waals surface area contributed by atoms with Gasteiger partial charge in [0.1, 0.15) is 17.2 Å². The van der Waals surface area contributed by atoms with Gasteiger partial charge in [-0.15, -0.1) is 0 Å². The van der Waals surface area contributed by atoms with E-state index < -0.39 is 0 Å². The maximum absolute atomic E-state index is 6.14. The molecule has 106 valence electrons. The number of hydrogen-bond donors (Lipinski definition) is 2. The van der Waals surface area contributed by atoms with E-state index in [0.717, 1.165) is 12.8 Å². The fraction of sp³-hybridized carbons (Fsp3) is 0.714. The number of nitrogens with zero attached hydrogens (tertiary/aromatic N) is 2. The fourth-order valence-electron chi connectivity index (χ4n) is 3.63. The van der Waals surface area contributed by atoms with Crippen LogP contribution in [0.5, 0.6) is 0 Å². The van der Waals surface area contributed by atoms with Gasteiger partial charge in [-0.1, -0.05) is 39.3 Å². The second-order valence-corrected chi connectivity index (χ2v) is 7.55. The van der Waals surface area contributed by atoms with Crippen molar-refractivity contribution in [2.24, 2.45) is 10.8 Å². The summed E-state index contributed by atoms with van der Waals surface area (Å²) in [5.74, 6) is 0.973. The highest BCUT2D eigenvalue weighted by Gasteiger charge is 2.38. The molecule has 19 heavy (non-hydrogen) atoms. The van der Waals surface area contributed by atoms with Crippen molar-refractivity contribution in [2.45, 2.75) is 53.0 Å². The lowest BCUT2D eigenvalue weighted by molar-refractivity contribution is 0.105. The zero-order valence-corrected chi connectivity index (χ0v) is 12.9. The topological polar surface area (TPSA) is 63.8 Å².